The fraction of sp³-hybridized carbons (Fsp3) is 0.250. The number of carbonyl (C=O) groups excluding carboxylic acids is 4. The van der Waals surface area contributed by atoms with Crippen LogP contribution in [0.2, 0.25) is 0 Å². The van der Waals surface area contributed by atoms with Crippen LogP contribution in [0.3, 0.4) is 0 Å². The number of Topliss-reactive ketones (excluding diaryl/α,β-unsaturated/α-hetero) is 1. The lowest BCUT2D eigenvalue weighted by Gasteiger charge is -2.28. The maximum Gasteiger partial charge on any atom is 0.306 e. The molecule has 14 heteroatoms. The summed E-state index contributed by atoms with van der Waals surface area (Å²) in [6, 6.07) is 24.7. The van der Waals surface area contributed by atoms with Crippen molar-refractivity contribution in [1.29, 1.82) is 0 Å². The summed E-state index contributed by atoms with van der Waals surface area (Å²) < 4.78 is 19.8. The summed E-state index contributed by atoms with van der Waals surface area (Å²) in [5.41, 5.74) is 3.14. The molecule has 3 aliphatic rings. The summed E-state index contributed by atoms with van der Waals surface area (Å²) >= 11 is 3.69. The minimum atomic E-state index is -1.25. The lowest BCUT2D eigenvalue weighted by Crippen LogP contribution is -2.41. The van der Waals surface area contributed by atoms with Crippen molar-refractivity contribution >= 4 is 56.1 Å². The number of benzene rings is 4. The molecule has 6 aromatic rings. The van der Waals surface area contributed by atoms with Crippen molar-refractivity contribution in [2.45, 2.75) is 51.0 Å². The number of hydrogen-bond donors (Lipinski definition) is 5. The molecule has 1 unspecified atom stereocenters. The van der Waals surface area contributed by atoms with Gasteiger partial charge in [-0.05, 0) is 57.6 Å². The van der Waals surface area contributed by atoms with Gasteiger partial charge in [0.15, 0.2) is 23.5 Å². The first-order chi connectivity index (χ1) is 28.0. The Morgan fingerprint density at radius 1 is 1.02 bits per heavy atom. The van der Waals surface area contributed by atoms with E-state index in [1.807, 2.05) is 80.6 Å². The third kappa shape index (κ3) is 6.18. The first-order valence-electron chi connectivity index (χ1n) is 19.0. The van der Waals surface area contributed by atoms with E-state index >= 15 is 0 Å². The second-order valence-corrected chi connectivity index (χ2v) is 16.0. The number of nitrogens with zero attached hydrogens (tertiary/aromatic N) is 1. The fourth-order valence-electron chi connectivity index (χ4n) is 8.31. The Kier molecular flexibility index (Phi) is 9.30. The van der Waals surface area contributed by atoms with Crippen LogP contribution in [0.25, 0.3) is 10.9 Å². The van der Waals surface area contributed by atoms with Crippen LogP contribution in [0.5, 0.6) is 11.5 Å². The average Bonchev–Trinajstić information content (AvgIpc) is 3.99. The van der Waals surface area contributed by atoms with Crippen LogP contribution in [0.15, 0.2) is 100 Å². The largest absolute Gasteiger partial charge is 0.506 e. The summed E-state index contributed by atoms with van der Waals surface area (Å²) in [6.07, 6.45) is 0.741. The molecule has 3 aliphatic heterocycles. The topological polar surface area (TPSA) is 185 Å². The van der Waals surface area contributed by atoms with Crippen molar-refractivity contribution in [2.24, 2.45) is 11.8 Å². The molecule has 5 heterocycles. The van der Waals surface area contributed by atoms with Crippen molar-refractivity contribution < 1.29 is 38.2 Å². The van der Waals surface area contributed by atoms with Gasteiger partial charge in [-0.3, -0.25) is 19.2 Å². The number of H-pyrrole nitrogens is 1. The second-order valence-electron chi connectivity index (χ2n) is 15.2. The number of nitrogens with one attached hydrogen (secondary N) is 4. The van der Waals surface area contributed by atoms with E-state index in [1.165, 1.54) is 12.3 Å². The Balaban J connectivity index is 1.13. The maximum atomic E-state index is 14.5. The number of fused-ring (bicyclic) bond motifs is 5. The third-order valence-electron chi connectivity index (χ3n) is 11.2. The summed E-state index contributed by atoms with van der Waals surface area (Å²) in [6.45, 7) is 3.48. The van der Waals surface area contributed by atoms with Gasteiger partial charge in [0.1, 0.15) is 29.6 Å². The summed E-state index contributed by atoms with van der Waals surface area (Å²) in [7, 11) is 0. The molecule has 2 aromatic heterocycles. The first-order valence-corrected chi connectivity index (χ1v) is 19.8. The molecule has 13 nitrogen and oxygen atoms in total. The van der Waals surface area contributed by atoms with Crippen LogP contribution in [0, 0.1) is 11.8 Å². The van der Waals surface area contributed by atoms with Gasteiger partial charge in [0, 0.05) is 32.7 Å². The minimum Gasteiger partial charge on any atom is -0.506 e. The smallest absolute Gasteiger partial charge is 0.306 e. The van der Waals surface area contributed by atoms with Crippen molar-refractivity contribution in [3.63, 3.8) is 0 Å². The van der Waals surface area contributed by atoms with Gasteiger partial charge >= 0.3 is 5.97 Å². The van der Waals surface area contributed by atoms with Crippen LogP contribution < -0.4 is 20.7 Å². The van der Waals surface area contributed by atoms with Gasteiger partial charge in [-0.2, -0.15) is 0 Å². The van der Waals surface area contributed by atoms with Crippen LogP contribution in [-0.2, 0) is 32.8 Å². The summed E-state index contributed by atoms with van der Waals surface area (Å²) in [5, 5.41) is 20.2. The first kappa shape index (κ1) is 37.2. The van der Waals surface area contributed by atoms with Crippen molar-refractivity contribution in [3.8, 4) is 11.5 Å². The van der Waals surface area contributed by atoms with E-state index in [0.29, 0.717) is 27.8 Å². The SMILES string of the molecule is CC(C)[C@@H]1NC(=O)[C@@H](CC(=O)OCc2ccccc2)Cc2ccc3c(c2)C2(c4cccc(Br)c4N[C@H]2O3)c2oc1nc2C(=O)NCC(=O)c1c[nH]c2c(O)cccc12. The number of phenols is 1. The van der Waals surface area contributed by atoms with Crippen molar-refractivity contribution in [2.75, 3.05) is 11.9 Å². The van der Waals surface area contributed by atoms with Crippen molar-refractivity contribution in [1.82, 2.24) is 20.6 Å². The van der Waals surface area contributed by atoms with Gasteiger partial charge in [0.25, 0.3) is 5.91 Å². The predicted octanol–water partition coefficient (Wildman–Crippen LogP) is 6.83. The van der Waals surface area contributed by atoms with E-state index in [9.17, 15) is 24.3 Å². The zero-order chi connectivity index (χ0) is 40.3. The fourth-order valence-corrected chi connectivity index (χ4v) is 8.79. The van der Waals surface area contributed by atoms with Gasteiger partial charge in [0.05, 0.1) is 30.1 Å². The normalized spacial score (nSPS) is 20.2. The lowest BCUT2D eigenvalue weighted by atomic mass is 9.72. The number of oxazole rings is 1. The number of aromatic nitrogens is 2. The molecule has 294 valence electrons. The molecule has 0 saturated carbocycles. The molecular formula is C44H38BrN5O8. The molecule has 58 heavy (non-hydrogen) atoms. The molecule has 0 fully saturated rings. The number of amides is 2. The van der Waals surface area contributed by atoms with Crippen LogP contribution in [0.4, 0.5) is 5.69 Å². The number of anilines is 1. The molecule has 1 spiro atoms. The molecule has 4 atom stereocenters. The van der Waals surface area contributed by atoms with E-state index in [4.69, 9.17) is 18.9 Å². The van der Waals surface area contributed by atoms with Crippen molar-refractivity contribution in [3.05, 3.63) is 141 Å². The number of phenolic OH excluding ortho intramolecular Hbond substituents is 1. The highest BCUT2D eigenvalue weighted by molar-refractivity contribution is 9.10. The lowest BCUT2D eigenvalue weighted by molar-refractivity contribution is -0.148. The molecule has 0 aliphatic carbocycles. The van der Waals surface area contributed by atoms with Gasteiger partial charge in [-0.25, -0.2) is 4.98 Å². The summed E-state index contributed by atoms with van der Waals surface area (Å²) in [4.78, 5) is 63.4. The highest BCUT2D eigenvalue weighted by Crippen LogP contribution is 2.59. The van der Waals surface area contributed by atoms with Gasteiger partial charge in [0.2, 0.25) is 11.8 Å². The molecule has 4 aromatic carbocycles. The Labute approximate surface area is 340 Å². The molecule has 0 saturated heterocycles. The van der Waals surface area contributed by atoms with Crippen LogP contribution in [-0.4, -0.2) is 51.4 Å². The second kappa shape index (κ2) is 14.5. The Hall–Kier alpha value is -6.41. The van der Waals surface area contributed by atoms with Gasteiger partial charge in [-0.1, -0.05) is 80.6 Å². The number of rotatable bonds is 9. The van der Waals surface area contributed by atoms with E-state index < -0.39 is 47.2 Å². The monoisotopic (exact) mass is 843 g/mol. The Morgan fingerprint density at radius 2 is 1.83 bits per heavy atom. The Morgan fingerprint density at radius 3 is 2.64 bits per heavy atom. The van der Waals surface area contributed by atoms with E-state index in [2.05, 4.69) is 36.9 Å². The quantitative estimate of drug-likeness (QED) is 0.0763. The number of halogens is 1. The standard InChI is InChI=1S/C44H38BrN5O8/c1-22(2)35-42-49-38(41(55)47-20-32(52)27-19-46-36-26(27)10-6-13-31(36)51)39(58-42)44-28-11-7-12-30(45)37(28)50-43(44)57-33-15-14-24(17-29(33)44)16-25(40(54)48-35)18-34(53)56-21-23-8-4-3-5-9-23/h3-15,17,19,22,25,35,43,46,50-51H,16,18,20-21H2,1-2H3,(H,47,55)(H,48,54)/t25-,35+,43+,44?/m1/s1. The number of ketones is 1. The number of carbonyl (C=O) groups is 4. The number of ether oxygens (including phenoxy) is 2. The minimum absolute atomic E-state index is 0.00135. The van der Waals surface area contributed by atoms with Gasteiger partial charge < -0.3 is 39.9 Å². The average molecular weight is 845 g/mol. The van der Waals surface area contributed by atoms with Crippen LogP contribution in [0.1, 0.15) is 81.1 Å². The van der Waals surface area contributed by atoms with E-state index in [-0.39, 0.29) is 55.0 Å². The highest BCUT2D eigenvalue weighted by atomic mass is 79.9. The zero-order valence-electron chi connectivity index (χ0n) is 31.4. The maximum absolute atomic E-state index is 14.5. The number of para-hydroxylation sites is 2. The predicted molar refractivity (Wildman–Crippen MR) is 215 cm³/mol. The summed E-state index contributed by atoms with van der Waals surface area (Å²) in [5.74, 6) is -2.30. The number of aromatic hydroxyl groups is 1. The molecule has 2 amide bonds. The molecule has 0 radical (unpaired) electrons. The molecule has 4 bridgehead atoms. The van der Waals surface area contributed by atoms with Crippen LogP contribution >= 0.6 is 15.9 Å². The molecule has 5 N–H and O–H groups in total. The van der Waals surface area contributed by atoms with E-state index in [1.54, 1.807) is 12.1 Å². The Bertz CT molecular complexity index is 2640. The highest BCUT2D eigenvalue weighted by Gasteiger charge is 2.61. The van der Waals surface area contributed by atoms with E-state index in [0.717, 1.165) is 26.9 Å². The third-order valence-corrected chi connectivity index (χ3v) is 11.8. The number of aromatic amines is 1. The number of hydrogen-bond acceptors (Lipinski definition) is 10. The number of esters is 1. The molecule has 9 rings (SSSR count). The zero-order valence-corrected chi connectivity index (χ0v) is 33.0. The molecular weight excluding hydrogens is 806 g/mol. The van der Waals surface area contributed by atoms with Gasteiger partial charge in [-0.15, -0.1) is 0 Å².